The summed E-state index contributed by atoms with van der Waals surface area (Å²) in [6, 6.07) is 20.7. The van der Waals surface area contributed by atoms with Crippen LogP contribution in [0.1, 0.15) is 11.3 Å². The van der Waals surface area contributed by atoms with E-state index >= 15 is 0 Å². The zero-order valence-corrected chi connectivity index (χ0v) is 19.5. The number of para-hydroxylation sites is 1. The summed E-state index contributed by atoms with van der Waals surface area (Å²) in [5.41, 5.74) is 3.55. The molecule has 3 heterocycles. The second kappa shape index (κ2) is 9.58. The maximum Gasteiger partial charge on any atom is 0.224 e. The van der Waals surface area contributed by atoms with Gasteiger partial charge in [0.15, 0.2) is 0 Å². The van der Waals surface area contributed by atoms with Gasteiger partial charge in [-0.2, -0.15) is 0 Å². The van der Waals surface area contributed by atoms with E-state index in [4.69, 9.17) is 0 Å². The standard InChI is InChI=1S/C26H27N5OS/c1-19-23(20-8-4-2-5-9-20)24-25(28-18-29-26(24)33-19)27-13-12-22(32)31-16-14-30(15-17-31)21-10-6-3-7-11-21/h2-11,18H,12-17H2,1H3,(H,27,28,29). The van der Waals surface area contributed by atoms with Crippen LogP contribution in [-0.4, -0.2) is 53.5 Å². The lowest BCUT2D eigenvalue weighted by molar-refractivity contribution is -0.131. The van der Waals surface area contributed by atoms with Crippen molar-refractivity contribution in [3.05, 3.63) is 71.9 Å². The molecule has 0 aliphatic carbocycles. The Bertz CT molecular complexity index is 1230. The average molecular weight is 458 g/mol. The van der Waals surface area contributed by atoms with Gasteiger partial charge in [0.05, 0.1) is 5.39 Å². The van der Waals surface area contributed by atoms with Gasteiger partial charge in [0.25, 0.3) is 0 Å². The largest absolute Gasteiger partial charge is 0.369 e. The predicted molar refractivity (Wildman–Crippen MR) is 136 cm³/mol. The number of hydrogen-bond donors (Lipinski definition) is 1. The molecule has 2 aromatic carbocycles. The predicted octanol–water partition coefficient (Wildman–Crippen LogP) is 4.82. The number of nitrogens with one attached hydrogen (secondary N) is 1. The smallest absolute Gasteiger partial charge is 0.224 e. The number of thiophene rings is 1. The third-order valence-corrected chi connectivity index (χ3v) is 7.13. The van der Waals surface area contributed by atoms with Crippen molar-refractivity contribution < 1.29 is 4.79 Å². The van der Waals surface area contributed by atoms with E-state index in [1.54, 1.807) is 17.7 Å². The van der Waals surface area contributed by atoms with E-state index in [2.05, 4.69) is 63.5 Å². The molecular weight excluding hydrogens is 430 g/mol. The number of aryl methyl sites for hydroxylation is 1. The third-order valence-electron chi connectivity index (χ3n) is 6.11. The van der Waals surface area contributed by atoms with Gasteiger partial charge >= 0.3 is 0 Å². The van der Waals surface area contributed by atoms with E-state index in [1.807, 2.05) is 29.2 Å². The fourth-order valence-corrected chi connectivity index (χ4v) is 5.44. The molecule has 0 bridgehead atoms. The number of hydrogen-bond acceptors (Lipinski definition) is 6. The second-order valence-electron chi connectivity index (χ2n) is 8.18. The van der Waals surface area contributed by atoms with Gasteiger partial charge in [0.2, 0.25) is 5.91 Å². The first-order valence-corrected chi connectivity index (χ1v) is 12.1. The van der Waals surface area contributed by atoms with Crippen LogP contribution in [0.2, 0.25) is 0 Å². The van der Waals surface area contributed by atoms with Crippen LogP contribution in [0.3, 0.4) is 0 Å². The Labute approximate surface area is 197 Å². The molecule has 1 saturated heterocycles. The van der Waals surface area contributed by atoms with Crippen molar-refractivity contribution >= 4 is 39.0 Å². The van der Waals surface area contributed by atoms with Crippen molar-refractivity contribution in [2.45, 2.75) is 13.3 Å². The minimum absolute atomic E-state index is 0.185. The zero-order chi connectivity index (χ0) is 22.6. The fraction of sp³-hybridized carbons (Fsp3) is 0.269. The number of rotatable bonds is 6. The summed E-state index contributed by atoms with van der Waals surface area (Å²) in [7, 11) is 0. The molecule has 33 heavy (non-hydrogen) atoms. The van der Waals surface area contributed by atoms with Crippen LogP contribution in [0.25, 0.3) is 21.3 Å². The lowest BCUT2D eigenvalue weighted by Crippen LogP contribution is -2.49. The molecule has 4 aromatic rings. The minimum atomic E-state index is 0.185. The number of nitrogens with zero attached hydrogens (tertiary/aromatic N) is 4. The highest BCUT2D eigenvalue weighted by molar-refractivity contribution is 7.19. The molecule has 7 heteroatoms. The second-order valence-corrected chi connectivity index (χ2v) is 9.39. The van der Waals surface area contributed by atoms with Gasteiger partial charge in [0, 0.05) is 55.3 Å². The number of aromatic nitrogens is 2. The number of fused-ring (bicyclic) bond motifs is 1. The molecular formula is C26H27N5OS. The van der Waals surface area contributed by atoms with Crippen molar-refractivity contribution in [3.8, 4) is 11.1 Å². The maximum atomic E-state index is 12.8. The first kappa shape index (κ1) is 21.4. The zero-order valence-electron chi connectivity index (χ0n) is 18.7. The van der Waals surface area contributed by atoms with Crippen LogP contribution in [-0.2, 0) is 4.79 Å². The van der Waals surface area contributed by atoms with Crippen LogP contribution in [0.4, 0.5) is 11.5 Å². The Kier molecular flexibility index (Phi) is 6.21. The molecule has 168 valence electrons. The molecule has 0 spiro atoms. The SMILES string of the molecule is Cc1sc2ncnc(NCCC(=O)N3CCN(c4ccccc4)CC3)c2c1-c1ccccc1. The molecule has 1 amide bonds. The number of benzene rings is 2. The molecule has 2 aromatic heterocycles. The molecule has 1 N–H and O–H groups in total. The summed E-state index contributed by atoms with van der Waals surface area (Å²) >= 11 is 1.68. The van der Waals surface area contributed by atoms with Crippen molar-refractivity contribution in [3.63, 3.8) is 0 Å². The number of amides is 1. The molecule has 6 nitrogen and oxygen atoms in total. The third kappa shape index (κ3) is 4.54. The van der Waals surface area contributed by atoms with Crippen LogP contribution < -0.4 is 10.2 Å². The monoisotopic (exact) mass is 457 g/mol. The fourth-order valence-electron chi connectivity index (χ4n) is 4.43. The van der Waals surface area contributed by atoms with E-state index in [-0.39, 0.29) is 5.91 Å². The Morgan fingerprint density at radius 3 is 2.39 bits per heavy atom. The lowest BCUT2D eigenvalue weighted by Gasteiger charge is -2.36. The van der Waals surface area contributed by atoms with Crippen molar-refractivity contribution in [1.29, 1.82) is 0 Å². The topological polar surface area (TPSA) is 61.4 Å². The van der Waals surface area contributed by atoms with Crippen molar-refractivity contribution in [2.75, 3.05) is 42.9 Å². The highest BCUT2D eigenvalue weighted by atomic mass is 32.1. The lowest BCUT2D eigenvalue weighted by atomic mass is 10.0. The van der Waals surface area contributed by atoms with Crippen molar-refractivity contribution in [1.82, 2.24) is 14.9 Å². The van der Waals surface area contributed by atoms with Crippen molar-refractivity contribution in [2.24, 2.45) is 0 Å². The number of carbonyl (C=O) groups is 1. The number of carbonyl (C=O) groups excluding carboxylic acids is 1. The summed E-state index contributed by atoms with van der Waals surface area (Å²) in [5, 5.41) is 4.45. The summed E-state index contributed by atoms with van der Waals surface area (Å²) in [6.45, 7) is 5.92. The van der Waals surface area contributed by atoms with E-state index < -0.39 is 0 Å². The van der Waals surface area contributed by atoms with E-state index in [1.165, 1.54) is 16.1 Å². The van der Waals surface area contributed by atoms with E-state index in [0.29, 0.717) is 13.0 Å². The quantitative estimate of drug-likeness (QED) is 0.450. The molecule has 1 fully saturated rings. The summed E-state index contributed by atoms with van der Waals surface area (Å²) in [5.74, 6) is 0.982. The maximum absolute atomic E-state index is 12.8. The van der Waals surface area contributed by atoms with Gasteiger partial charge in [-0.25, -0.2) is 9.97 Å². The van der Waals surface area contributed by atoms with Gasteiger partial charge in [0.1, 0.15) is 17.0 Å². The molecule has 1 aliphatic rings. The summed E-state index contributed by atoms with van der Waals surface area (Å²) in [4.78, 5) is 28.3. The van der Waals surface area contributed by atoms with Gasteiger partial charge in [-0.1, -0.05) is 48.5 Å². The molecule has 1 aliphatic heterocycles. The Morgan fingerprint density at radius 1 is 0.970 bits per heavy atom. The highest BCUT2D eigenvalue weighted by Crippen LogP contribution is 2.40. The molecule has 0 atom stereocenters. The highest BCUT2D eigenvalue weighted by Gasteiger charge is 2.21. The van der Waals surface area contributed by atoms with Gasteiger partial charge < -0.3 is 15.1 Å². The molecule has 0 unspecified atom stereocenters. The number of piperazine rings is 1. The molecule has 0 radical (unpaired) electrons. The van der Waals surface area contributed by atoms with E-state index in [0.717, 1.165) is 47.8 Å². The van der Waals surface area contributed by atoms with E-state index in [9.17, 15) is 4.79 Å². The molecule has 0 saturated carbocycles. The Balaban J connectivity index is 1.23. The summed E-state index contributed by atoms with van der Waals surface area (Å²) < 4.78 is 0. The van der Waals surface area contributed by atoms with Crippen LogP contribution in [0.5, 0.6) is 0 Å². The van der Waals surface area contributed by atoms with Gasteiger partial charge in [-0.05, 0) is 24.6 Å². The summed E-state index contributed by atoms with van der Waals surface area (Å²) in [6.07, 6.45) is 2.04. The van der Waals surface area contributed by atoms with Gasteiger partial charge in [-0.15, -0.1) is 11.3 Å². The first-order valence-electron chi connectivity index (χ1n) is 11.3. The Hall–Kier alpha value is -3.45. The minimum Gasteiger partial charge on any atom is -0.369 e. The van der Waals surface area contributed by atoms with Gasteiger partial charge in [-0.3, -0.25) is 4.79 Å². The van der Waals surface area contributed by atoms with Crippen LogP contribution in [0, 0.1) is 6.92 Å². The normalized spacial score (nSPS) is 14.0. The first-order chi connectivity index (χ1) is 16.2. The molecule has 5 rings (SSSR count). The Morgan fingerprint density at radius 2 is 1.67 bits per heavy atom. The number of anilines is 2. The average Bonchev–Trinajstić information content (AvgIpc) is 3.21. The van der Waals surface area contributed by atoms with Crippen LogP contribution >= 0.6 is 11.3 Å². The van der Waals surface area contributed by atoms with Crippen LogP contribution in [0.15, 0.2) is 67.0 Å².